The van der Waals surface area contributed by atoms with E-state index >= 15 is 0 Å². The number of hydrogen-bond donors (Lipinski definition) is 3. The van der Waals surface area contributed by atoms with Crippen LogP contribution in [0.4, 0.5) is 0 Å². The quantitative estimate of drug-likeness (QED) is 0.237. The molecule has 1 aliphatic rings. The Bertz CT molecular complexity index is 427. The monoisotopic (exact) mass is 289 g/mol. The van der Waals surface area contributed by atoms with Gasteiger partial charge in [-0.2, -0.15) is 0 Å². The van der Waals surface area contributed by atoms with E-state index < -0.39 is 0 Å². The van der Waals surface area contributed by atoms with Gasteiger partial charge in [0, 0.05) is 6.54 Å². The van der Waals surface area contributed by atoms with Crippen LogP contribution in [0, 0.1) is 5.92 Å². The molecule has 4 heteroatoms. The second-order valence-corrected chi connectivity index (χ2v) is 5.98. The maximum atomic E-state index is 8.96. The molecule has 0 amide bonds. The summed E-state index contributed by atoms with van der Waals surface area (Å²) >= 11 is 0. The number of benzene rings is 1. The maximum absolute atomic E-state index is 8.96. The molecule has 116 valence electrons. The molecule has 0 bridgehead atoms. The first-order valence-corrected chi connectivity index (χ1v) is 8.04. The van der Waals surface area contributed by atoms with Crippen LogP contribution >= 0.6 is 0 Å². The van der Waals surface area contributed by atoms with E-state index in [1.807, 2.05) is 30.3 Å². The molecule has 4 N–H and O–H groups in total. The molecule has 1 saturated carbocycles. The summed E-state index contributed by atoms with van der Waals surface area (Å²) < 4.78 is 0. The van der Waals surface area contributed by atoms with E-state index in [1.54, 1.807) is 0 Å². The van der Waals surface area contributed by atoms with Gasteiger partial charge in [0.2, 0.25) is 0 Å². The van der Waals surface area contributed by atoms with Crippen LogP contribution in [-0.2, 0) is 0 Å². The summed E-state index contributed by atoms with van der Waals surface area (Å²) in [5.41, 5.74) is 6.92. The highest BCUT2D eigenvalue weighted by molar-refractivity contribution is 5.87. The van der Waals surface area contributed by atoms with Crippen LogP contribution in [0.15, 0.2) is 35.5 Å². The Labute approximate surface area is 127 Å². The highest BCUT2D eigenvalue weighted by Crippen LogP contribution is 2.25. The maximum Gasteiger partial charge on any atom is 0.147 e. The molecule has 2 rings (SSSR count). The summed E-state index contributed by atoms with van der Waals surface area (Å²) in [4.78, 5) is 0. The van der Waals surface area contributed by atoms with Gasteiger partial charge in [0.1, 0.15) is 5.84 Å². The zero-order valence-corrected chi connectivity index (χ0v) is 12.7. The molecule has 1 fully saturated rings. The summed E-state index contributed by atoms with van der Waals surface area (Å²) in [6.45, 7) is 1.72. The molecule has 0 aromatic heterocycles. The lowest BCUT2D eigenvalue weighted by molar-refractivity contribution is 0.315. The fraction of sp³-hybridized carbons (Fsp3) is 0.588. The van der Waals surface area contributed by atoms with Crippen molar-refractivity contribution in [2.75, 3.05) is 13.1 Å². The summed E-state index contributed by atoms with van der Waals surface area (Å²) in [6.07, 6.45) is 8.18. The number of oxime groups is 1. The molecular weight excluding hydrogens is 262 g/mol. The molecule has 1 atom stereocenters. The Morgan fingerprint density at radius 3 is 2.62 bits per heavy atom. The standard InChI is InChI=1S/C17H27N3O/c18-17(20-21)16(15-9-5-2-6-10-15)13-19-12-11-14-7-3-1-4-8-14/h2,5-6,9-10,14,16,19,21H,1,3-4,7-8,11-13H2,(H2,18,20). The lowest BCUT2D eigenvalue weighted by atomic mass is 9.87. The largest absolute Gasteiger partial charge is 0.409 e. The number of amidine groups is 1. The average molecular weight is 289 g/mol. The van der Waals surface area contributed by atoms with Crippen molar-refractivity contribution in [2.24, 2.45) is 16.8 Å². The summed E-state index contributed by atoms with van der Waals surface area (Å²) in [7, 11) is 0. The van der Waals surface area contributed by atoms with Crippen LogP contribution in [0.2, 0.25) is 0 Å². The average Bonchev–Trinajstić information content (AvgIpc) is 2.56. The van der Waals surface area contributed by atoms with Gasteiger partial charge in [-0.3, -0.25) is 0 Å². The molecule has 0 radical (unpaired) electrons. The second kappa shape index (κ2) is 8.67. The predicted octanol–water partition coefficient (Wildman–Crippen LogP) is 3.08. The first kappa shape index (κ1) is 15.8. The number of hydrogen-bond acceptors (Lipinski definition) is 3. The summed E-state index contributed by atoms with van der Waals surface area (Å²) in [5, 5.41) is 15.6. The van der Waals surface area contributed by atoms with Crippen LogP contribution in [0.25, 0.3) is 0 Å². The van der Waals surface area contributed by atoms with Gasteiger partial charge in [0.05, 0.1) is 5.92 Å². The Morgan fingerprint density at radius 2 is 1.95 bits per heavy atom. The molecule has 0 heterocycles. The SMILES string of the molecule is NC(=NO)C(CNCCC1CCCCC1)c1ccccc1. The molecule has 1 aromatic rings. The van der Waals surface area contributed by atoms with Gasteiger partial charge in [-0.15, -0.1) is 0 Å². The van der Waals surface area contributed by atoms with Crippen molar-refractivity contribution in [3.05, 3.63) is 35.9 Å². The number of nitrogens with two attached hydrogens (primary N) is 1. The van der Waals surface area contributed by atoms with E-state index in [9.17, 15) is 0 Å². The molecular formula is C17H27N3O. The molecule has 0 spiro atoms. The van der Waals surface area contributed by atoms with Gasteiger partial charge in [0.25, 0.3) is 0 Å². The topological polar surface area (TPSA) is 70.6 Å². The third-order valence-corrected chi connectivity index (χ3v) is 4.48. The van der Waals surface area contributed by atoms with Crippen LogP contribution in [0.5, 0.6) is 0 Å². The molecule has 4 nitrogen and oxygen atoms in total. The van der Waals surface area contributed by atoms with Crippen molar-refractivity contribution >= 4 is 5.84 Å². The highest BCUT2D eigenvalue weighted by atomic mass is 16.4. The van der Waals surface area contributed by atoms with Gasteiger partial charge in [-0.25, -0.2) is 0 Å². The second-order valence-electron chi connectivity index (χ2n) is 5.98. The lowest BCUT2D eigenvalue weighted by Gasteiger charge is -2.22. The smallest absolute Gasteiger partial charge is 0.147 e. The van der Waals surface area contributed by atoms with E-state index in [-0.39, 0.29) is 11.8 Å². The van der Waals surface area contributed by atoms with Crippen molar-refractivity contribution in [2.45, 2.75) is 44.4 Å². The van der Waals surface area contributed by atoms with E-state index in [4.69, 9.17) is 10.9 Å². The molecule has 1 aromatic carbocycles. The van der Waals surface area contributed by atoms with E-state index in [0.717, 1.165) is 18.0 Å². The molecule has 0 aliphatic heterocycles. The molecule has 1 unspecified atom stereocenters. The van der Waals surface area contributed by atoms with E-state index in [2.05, 4.69) is 10.5 Å². The van der Waals surface area contributed by atoms with Gasteiger partial charge >= 0.3 is 0 Å². The fourth-order valence-electron chi connectivity index (χ4n) is 3.18. The minimum Gasteiger partial charge on any atom is -0.409 e. The van der Waals surface area contributed by atoms with Crippen LogP contribution < -0.4 is 11.1 Å². The van der Waals surface area contributed by atoms with E-state index in [0.29, 0.717) is 6.54 Å². The van der Waals surface area contributed by atoms with Gasteiger partial charge in [0.15, 0.2) is 0 Å². The summed E-state index contributed by atoms with van der Waals surface area (Å²) in [5.74, 6) is 1.08. The number of rotatable bonds is 7. The van der Waals surface area contributed by atoms with Crippen molar-refractivity contribution in [1.82, 2.24) is 5.32 Å². The minimum absolute atomic E-state index is 0.0671. The Balaban J connectivity index is 1.79. The Morgan fingerprint density at radius 1 is 1.24 bits per heavy atom. The third-order valence-electron chi connectivity index (χ3n) is 4.48. The molecule has 1 aliphatic carbocycles. The van der Waals surface area contributed by atoms with Crippen molar-refractivity contribution in [3.8, 4) is 0 Å². The van der Waals surface area contributed by atoms with Gasteiger partial charge < -0.3 is 16.3 Å². The summed E-state index contributed by atoms with van der Waals surface area (Å²) in [6, 6.07) is 9.98. The zero-order valence-electron chi connectivity index (χ0n) is 12.7. The predicted molar refractivity (Wildman–Crippen MR) is 86.7 cm³/mol. The fourth-order valence-corrected chi connectivity index (χ4v) is 3.18. The first-order valence-electron chi connectivity index (χ1n) is 8.04. The van der Waals surface area contributed by atoms with Gasteiger partial charge in [-0.1, -0.05) is 67.6 Å². The minimum atomic E-state index is -0.0671. The zero-order chi connectivity index (χ0) is 14.9. The van der Waals surface area contributed by atoms with Crippen molar-refractivity contribution in [3.63, 3.8) is 0 Å². The Kier molecular flexibility index (Phi) is 6.54. The van der Waals surface area contributed by atoms with Crippen LogP contribution in [0.1, 0.15) is 50.0 Å². The van der Waals surface area contributed by atoms with Crippen LogP contribution in [-0.4, -0.2) is 24.1 Å². The molecule has 0 saturated heterocycles. The lowest BCUT2D eigenvalue weighted by Crippen LogP contribution is -2.32. The third kappa shape index (κ3) is 5.05. The first-order chi connectivity index (χ1) is 10.3. The number of nitrogens with zero attached hydrogens (tertiary/aromatic N) is 1. The van der Waals surface area contributed by atoms with Crippen molar-refractivity contribution in [1.29, 1.82) is 0 Å². The van der Waals surface area contributed by atoms with E-state index in [1.165, 1.54) is 38.5 Å². The Hall–Kier alpha value is -1.55. The number of nitrogens with one attached hydrogen (secondary N) is 1. The highest BCUT2D eigenvalue weighted by Gasteiger charge is 2.17. The normalized spacial score (nSPS) is 18.6. The van der Waals surface area contributed by atoms with Gasteiger partial charge in [-0.05, 0) is 24.4 Å². The van der Waals surface area contributed by atoms with Crippen molar-refractivity contribution < 1.29 is 5.21 Å². The molecule has 21 heavy (non-hydrogen) atoms. The van der Waals surface area contributed by atoms with Crippen LogP contribution in [0.3, 0.4) is 0 Å².